The van der Waals surface area contributed by atoms with Crippen molar-refractivity contribution in [3.8, 4) is 0 Å². The van der Waals surface area contributed by atoms with Gasteiger partial charge in [0.25, 0.3) is 10.0 Å². The number of hydrogen-bond donors (Lipinski definition) is 2. The Morgan fingerprint density at radius 2 is 2.00 bits per heavy atom. The zero-order chi connectivity index (χ0) is 17.0. The number of nitrogens with zero attached hydrogens (tertiary/aromatic N) is 1. The summed E-state index contributed by atoms with van der Waals surface area (Å²) in [7, 11) is -4.05. The van der Waals surface area contributed by atoms with Gasteiger partial charge in [-0.2, -0.15) is 0 Å². The fourth-order valence-electron chi connectivity index (χ4n) is 1.70. The summed E-state index contributed by atoms with van der Waals surface area (Å²) in [5.74, 6) is -0.575. The Kier molecular flexibility index (Phi) is 5.46. The van der Waals surface area contributed by atoms with Gasteiger partial charge >= 0.3 is 0 Å². The molecule has 0 aliphatic carbocycles. The van der Waals surface area contributed by atoms with Crippen LogP contribution in [0.15, 0.2) is 41.4 Å². The lowest BCUT2D eigenvalue weighted by atomic mass is 10.3. The number of carbonyl (C=O) groups excluding carboxylic acids is 1. The van der Waals surface area contributed by atoms with Gasteiger partial charge in [0.1, 0.15) is 4.90 Å². The third kappa shape index (κ3) is 4.34. The van der Waals surface area contributed by atoms with Crippen LogP contribution in [-0.2, 0) is 14.8 Å². The highest BCUT2D eigenvalue weighted by molar-refractivity contribution is 7.90. The van der Waals surface area contributed by atoms with Crippen LogP contribution in [-0.4, -0.2) is 19.3 Å². The molecule has 23 heavy (non-hydrogen) atoms. The van der Waals surface area contributed by atoms with Crippen LogP contribution < -0.4 is 10.0 Å². The number of aromatic nitrogens is 1. The van der Waals surface area contributed by atoms with Crippen molar-refractivity contribution in [2.75, 3.05) is 5.32 Å². The largest absolute Gasteiger partial charge is 0.338 e. The average molecular weight is 374 g/mol. The molecule has 0 saturated heterocycles. The molecular formula is C14H13Cl2N3O3S. The summed E-state index contributed by atoms with van der Waals surface area (Å²) >= 11 is 12.0. The zero-order valence-corrected chi connectivity index (χ0v) is 14.3. The molecule has 2 N–H and O–H groups in total. The van der Waals surface area contributed by atoms with Gasteiger partial charge in [0.05, 0.1) is 10.7 Å². The molecule has 1 amide bonds. The number of sulfonamides is 1. The van der Waals surface area contributed by atoms with Crippen LogP contribution >= 0.6 is 23.2 Å². The van der Waals surface area contributed by atoms with Gasteiger partial charge in [0.15, 0.2) is 5.82 Å². The first kappa shape index (κ1) is 17.5. The van der Waals surface area contributed by atoms with Crippen LogP contribution in [0.25, 0.3) is 0 Å². The summed E-state index contributed by atoms with van der Waals surface area (Å²) < 4.78 is 26.6. The van der Waals surface area contributed by atoms with Gasteiger partial charge in [0.2, 0.25) is 5.91 Å². The third-order valence-electron chi connectivity index (χ3n) is 2.81. The van der Waals surface area contributed by atoms with Crippen molar-refractivity contribution in [1.82, 2.24) is 9.71 Å². The Labute approximate surface area is 143 Å². The number of halogens is 2. The van der Waals surface area contributed by atoms with Gasteiger partial charge in [-0.05, 0) is 30.3 Å². The van der Waals surface area contributed by atoms with Crippen LogP contribution in [0.5, 0.6) is 0 Å². The molecule has 0 radical (unpaired) electrons. The minimum absolute atomic E-state index is 0.0352. The molecule has 1 aromatic carbocycles. The quantitative estimate of drug-likeness (QED) is 0.838. The highest BCUT2D eigenvalue weighted by atomic mass is 35.5. The monoisotopic (exact) mass is 373 g/mol. The molecule has 0 aliphatic rings. The molecule has 0 saturated carbocycles. The molecule has 1 heterocycles. The van der Waals surface area contributed by atoms with Gasteiger partial charge in [-0.1, -0.05) is 30.1 Å². The zero-order valence-electron chi connectivity index (χ0n) is 12.0. The van der Waals surface area contributed by atoms with Crippen LogP contribution in [0.4, 0.5) is 11.5 Å². The lowest BCUT2D eigenvalue weighted by Gasteiger charge is -2.13. The van der Waals surface area contributed by atoms with E-state index in [0.717, 1.165) is 0 Å². The van der Waals surface area contributed by atoms with E-state index in [1.165, 1.54) is 18.3 Å². The highest BCUT2D eigenvalue weighted by Gasteiger charge is 2.21. The van der Waals surface area contributed by atoms with Gasteiger partial charge in [-0.15, -0.1) is 0 Å². The first-order chi connectivity index (χ1) is 10.8. The van der Waals surface area contributed by atoms with E-state index in [1.54, 1.807) is 25.1 Å². The van der Waals surface area contributed by atoms with Crippen LogP contribution in [0.1, 0.15) is 13.3 Å². The fourth-order valence-corrected chi connectivity index (χ4v) is 3.21. The van der Waals surface area contributed by atoms with Gasteiger partial charge in [-0.25, -0.2) is 18.1 Å². The van der Waals surface area contributed by atoms with Gasteiger partial charge in [0, 0.05) is 17.6 Å². The first-order valence-corrected chi connectivity index (χ1v) is 8.80. The molecule has 0 unspecified atom stereocenters. The number of rotatable bonds is 5. The smallest absolute Gasteiger partial charge is 0.267 e. The summed E-state index contributed by atoms with van der Waals surface area (Å²) in [5, 5.41) is 3.60. The maximum absolute atomic E-state index is 12.3. The fraction of sp³-hybridized carbons (Fsp3) is 0.143. The summed E-state index contributed by atoms with van der Waals surface area (Å²) in [4.78, 5) is 15.2. The standard InChI is InChI=1S/C14H13Cl2N3O3S/c1-2-13(20)19-23(21,22)12-4-3-7-17-14(12)18-11-8-9(15)5-6-10(11)16/h3-8H,2H2,1H3,(H,17,18)(H,19,20). The molecular weight excluding hydrogens is 361 g/mol. The number of hydrogen-bond acceptors (Lipinski definition) is 5. The Hall–Kier alpha value is -1.83. The molecule has 6 nitrogen and oxygen atoms in total. The van der Waals surface area contributed by atoms with Crippen molar-refractivity contribution >= 4 is 50.6 Å². The third-order valence-corrected chi connectivity index (χ3v) is 4.78. The molecule has 0 atom stereocenters. The van der Waals surface area contributed by atoms with E-state index in [9.17, 15) is 13.2 Å². The Morgan fingerprint density at radius 1 is 1.26 bits per heavy atom. The van der Waals surface area contributed by atoms with E-state index in [4.69, 9.17) is 23.2 Å². The van der Waals surface area contributed by atoms with Crippen molar-refractivity contribution in [3.63, 3.8) is 0 Å². The second-order valence-electron chi connectivity index (χ2n) is 4.48. The van der Waals surface area contributed by atoms with Crippen molar-refractivity contribution in [2.24, 2.45) is 0 Å². The predicted molar refractivity (Wildman–Crippen MR) is 89.6 cm³/mol. The van der Waals surface area contributed by atoms with E-state index in [1.807, 2.05) is 4.72 Å². The van der Waals surface area contributed by atoms with Gasteiger partial charge < -0.3 is 5.32 Å². The van der Waals surface area contributed by atoms with Crippen LogP contribution in [0.3, 0.4) is 0 Å². The topological polar surface area (TPSA) is 88.2 Å². The number of anilines is 2. The average Bonchev–Trinajstić information content (AvgIpc) is 2.51. The lowest BCUT2D eigenvalue weighted by Crippen LogP contribution is -2.30. The number of carbonyl (C=O) groups is 1. The molecule has 0 aliphatic heterocycles. The SMILES string of the molecule is CCC(=O)NS(=O)(=O)c1cccnc1Nc1cc(Cl)ccc1Cl. The van der Waals surface area contributed by atoms with Crippen molar-refractivity contribution in [2.45, 2.75) is 18.2 Å². The van der Waals surface area contributed by atoms with E-state index < -0.39 is 15.9 Å². The Balaban J connectivity index is 2.42. The van der Waals surface area contributed by atoms with Crippen LogP contribution in [0, 0.1) is 0 Å². The number of amides is 1. The molecule has 9 heteroatoms. The van der Waals surface area contributed by atoms with Crippen molar-refractivity contribution in [3.05, 3.63) is 46.6 Å². The molecule has 0 spiro atoms. The molecule has 122 valence electrons. The second-order valence-corrected chi connectivity index (χ2v) is 6.98. The molecule has 0 fully saturated rings. The molecule has 2 rings (SSSR count). The second kappa shape index (κ2) is 7.16. The van der Waals surface area contributed by atoms with Crippen LogP contribution in [0.2, 0.25) is 10.0 Å². The van der Waals surface area contributed by atoms with Crippen molar-refractivity contribution in [1.29, 1.82) is 0 Å². The molecule has 1 aromatic heterocycles. The Bertz CT molecular complexity index is 841. The van der Waals surface area contributed by atoms with E-state index in [0.29, 0.717) is 15.7 Å². The predicted octanol–water partition coefficient (Wildman–Crippen LogP) is 3.35. The van der Waals surface area contributed by atoms with Gasteiger partial charge in [-0.3, -0.25) is 4.79 Å². The maximum atomic E-state index is 12.3. The number of nitrogens with one attached hydrogen (secondary N) is 2. The lowest BCUT2D eigenvalue weighted by molar-refractivity contribution is -0.119. The highest BCUT2D eigenvalue weighted by Crippen LogP contribution is 2.30. The minimum atomic E-state index is -4.05. The van der Waals surface area contributed by atoms with E-state index in [-0.39, 0.29) is 17.1 Å². The summed E-state index contributed by atoms with van der Waals surface area (Å²) in [6.45, 7) is 1.55. The van der Waals surface area contributed by atoms with Crippen molar-refractivity contribution < 1.29 is 13.2 Å². The van der Waals surface area contributed by atoms with E-state index in [2.05, 4.69) is 10.3 Å². The minimum Gasteiger partial charge on any atom is -0.338 e. The molecule has 2 aromatic rings. The maximum Gasteiger partial charge on any atom is 0.267 e. The summed E-state index contributed by atoms with van der Waals surface area (Å²) in [6.07, 6.45) is 1.46. The number of pyridine rings is 1. The first-order valence-electron chi connectivity index (χ1n) is 6.56. The Morgan fingerprint density at radius 3 is 2.70 bits per heavy atom. The molecule has 0 bridgehead atoms. The summed E-state index contributed by atoms with van der Waals surface area (Å²) in [6, 6.07) is 7.50. The summed E-state index contributed by atoms with van der Waals surface area (Å²) in [5.41, 5.74) is 0.399. The normalized spacial score (nSPS) is 11.1. The number of benzene rings is 1. The van der Waals surface area contributed by atoms with E-state index >= 15 is 0 Å².